The molecule has 0 saturated heterocycles. The molecule has 6 nitrogen and oxygen atoms in total. The van der Waals surface area contributed by atoms with Gasteiger partial charge in [0.05, 0.1) is 31.5 Å². The van der Waals surface area contributed by atoms with E-state index >= 15 is 0 Å². The van der Waals surface area contributed by atoms with Gasteiger partial charge in [0, 0.05) is 0 Å². The van der Waals surface area contributed by atoms with Crippen molar-refractivity contribution in [3.05, 3.63) is 59.5 Å². The third kappa shape index (κ3) is 3.43. The van der Waals surface area contributed by atoms with E-state index in [9.17, 15) is 18.0 Å². The molecule has 0 saturated carbocycles. The quantitative estimate of drug-likeness (QED) is 0.679. The molecule has 1 N–H and O–H groups in total. The van der Waals surface area contributed by atoms with Gasteiger partial charge in [-0.1, -0.05) is 11.2 Å². The highest BCUT2D eigenvalue weighted by Crippen LogP contribution is 2.35. The number of rotatable bonds is 5. The van der Waals surface area contributed by atoms with Gasteiger partial charge in [-0.05, 0) is 29.8 Å². The number of benzene rings is 2. The second kappa shape index (κ2) is 7.40. The molecule has 0 aliphatic heterocycles. The predicted molar refractivity (Wildman–Crippen MR) is 89.3 cm³/mol. The number of amides is 1. The summed E-state index contributed by atoms with van der Waals surface area (Å²) in [6, 6.07) is 6.42. The van der Waals surface area contributed by atoms with E-state index in [1.165, 1.54) is 20.4 Å². The Balaban J connectivity index is 1.92. The number of hydrogen-bond acceptors (Lipinski definition) is 5. The Bertz CT molecular complexity index is 1000. The Morgan fingerprint density at radius 2 is 1.78 bits per heavy atom. The maximum atomic E-state index is 13.8. The van der Waals surface area contributed by atoms with Crippen molar-refractivity contribution < 1.29 is 32.0 Å². The van der Waals surface area contributed by atoms with E-state index in [0.717, 1.165) is 6.07 Å². The van der Waals surface area contributed by atoms with Gasteiger partial charge in [-0.15, -0.1) is 0 Å². The summed E-state index contributed by atoms with van der Waals surface area (Å²) in [5.41, 5.74) is 0.255. The summed E-state index contributed by atoms with van der Waals surface area (Å²) >= 11 is 0. The summed E-state index contributed by atoms with van der Waals surface area (Å²) in [5, 5.41) is 5.90. The molecule has 1 amide bonds. The van der Waals surface area contributed by atoms with Crippen LogP contribution < -0.4 is 14.8 Å². The van der Waals surface area contributed by atoms with Gasteiger partial charge in [-0.3, -0.25) is 10.1 Å². The van der Waals surface area contributed by atoms with E-state index in [2.05, 4.69) is 10.5 Å². The van der Waals surface area contributed by atoms with Crippen molar-refractivity contribution in [2.75, 3.05) is 19.5 Å². The fourth-order valence-corrected chi connectivity index (χ4v) is 2.41. The van der Waals surface area contributed by atoms with Crippen LogP contribution in [0.3, 0.4) is 0 Å². The second-order valence-corrected chi connectivity index (χ2v) is 5.32. The highest BCUT2D eigenvalue weighted by molar-refractivity contribution is 6.05. The number of nitrogens with zero attached hydrogens (tertiary/aromatic N) is 1. The summed E-state index contributed by atoms with van der Waals surface area (Å²) < 4.78 is 55.5. The first-order valence-corrected chi connectivity index (χ1v) is 7.58. The minimum absolute atomic E-state index is 0.101. The van der Waals surface area contributed by atoms with Gasteiger partial charge in [-0.2, -0.15) is 0 Å². The van der Waals surface area contributed by atoms with Crippen LogP contribution in [0, 0.1) is 17.5 Å². The van der Waals surface area contributed by atoms with Crippen molar-refractivity contribution in [3.63, 3.8) is 0 Å². The average molecular weight is 378 g/mol. The van der Waals surface area contributed by atoms with E-state index in [0.29, 0.717) is 28.7 Å². The number of nitrogens with one attached hydrogen (secondary N) is 1. The highest BCUT2D eigenvalue weighted by Gasteiger charge is 2.22. The molecule has 0 fully saturated rings. The van der Waals surface area contributed by atoms with Crippen LogP contribution in [0.25, 0.3) is 11.1 Å². The molecule has 0 aliphatic carbocycles. The monoisotopic (exact) mass is 378 g/mol. The van der Waals surface area contributed by atoms with Gasteiger partial charge >= 0.3 is 0 Å². The Morgan fingerprint density at radius 3 is 2.48 bits per heavy atom. The van der Waals surface area contributed by atoms with Crippen LogP contribution in [-0.4, -0.2) is 25.3 Å². The zero-order valence-electron chi connectivity index (χ0n) is 14.2. The maximum Gasteiger partial charge on any atom is 0.261 e. The topological polar surface area (TPSA) is 73.6 Å². The highest BCUT2D eigenvalue weighted by atomic mass is 19.2. The zero-order valence-corrected chi connectivity index (χ0v) is 14.2. The number of ether oxygens (including phenoxy) is 2. The normalized spacial score (nSPS) is 10.6. The molecule has 0 aliphatic rings. The number of hydrogen-bond donors (Lipinski definition) is 1. The minimum Gasteiger partial charge on any atom is -0.493 e. The summed E-state index contributed by atoms with van der Waals surface area (Å²) in [6.45, 7) is 0. The molecule has 3 aromatic rings. The largest absolute Gasteiger partial charge is 0.493 e. The zero-order chi connectivity index (χ0) is 19.6. The van der Waals surface area contributed by atoms with Gasteiger partial charge in [0.25, 0.3) is 5.91 Å². The number of methoxy groups -OCH3 is 2. The van der Waals surface area contributed by atoms with Gasteiger partial charge in [0.15, 0.2) is 29.0 Å². The van der Waals surface area contributed by atoms with Crippen LogP contribution in [0.1, 0.15) is 10.4 Å². The molecule has 0 unspecified atom stereocenters. The summed E-state index contributed by atoms with van der Waals surface area (Å²) in [7, 11) is 2.95. The molecular formula is C18H13F3N2O4. The van der Waals surface area contributed by atoms with Crippen molar-refractivity contribution in [3.8, 4) is 22.6 Å². The van der Waals surface area contributed by atoms with E-state index in [1.54, 1.807) is 18.2 Å². The Hall–Kier alpha value is -3.49. The van der Waals surface area contributed by atoms with Crippen LogP contribution in [0.4, 0.5) is 19.1 Å². The number of halogens is 3. The minimum atomic E-state index is -1.74. The Labute approximate surface area is 151 Å². The number of carbonyl (C=O) groups is 1. The van der Waals surface area contributed by atoms with Crippen molar-refractivity contribution in [2.45, 2.75) is 0 Å². The fourth-order valence-electron chi connectivity index (χ4n) is 2.41. The lowest BCUT2D eigenvalue weighted by Crippen LogP contribution is -2.15. The molecule has 1 heterocycles. The second-order valence-electron chi connectivity index (χ2n) is 5.32. The van der Waals surface area contributed by atoms with Crippen molar-refractivity contribution in [1.82, 2.24) is 5.16 Å². The Morgan fingerprint density at radius 1 is 1.04 bits per heavy atom. The summed E-state index contributed by atoms with van der Waals surface area (Å²) in [5.74, 6) is -4.93. The third-order valence-corrected chi connectivity index (χ3v) is 3.77. The molecule has 9 heteroatoms. The summed E-state index contributed by atoms with van der Waals surface area (Å²) in [4.78, 5) is 12.2. The lowest BCUT2D eigenvalue weighted by atomic mass is 10.1. The Kier molecular flexibility index (Phi) is 5.02. The van der Waals surface area contributed by atoms with Gasteiger partial charge < -0.3 is 14.0 Å². The molecule has 0 radical (unpaired) electrons. The lowest BCUT2D eigenvalue weighted by molar-refractivity contribution is 0.101. The summed E-state index contributed by atoms with van der Waals surface area (Å²) in [6.07, 6.45) is 1.33. The van der Waals surface area contributed by atoms with E-state index in [-0.39, 0.29) is 5.88 Å². The van der Waals surface area contributed by atoms with Gasteiger partial charge in [0.2, 0.25) is 5.88 Å². The van der Waals surface area contributed by atoms with E-state index in [4.69, 9.17) is 14.0 Å². The SMILES string of the molecule is COc1ccc(-c2cnoc2NC(=O)c2ccc(F)c(F)c2F)cc1OC. The first-order chi connectivity index (χ1) is 13.0. The maximum absolute atomic E-state index is 13.8. The fraction of sp³-hybridized carbons (Fsp3) is 0.111. The van der Waals surface area contributed by atoms with Gasteiger partial charge in [-0.25, -0.2) is 13.2 Å². The van der Waals surface area contributed by atoms with E-state index < -0.39 is 28.9 Å². The molecule has 0 bridgehead atoms. The number of anilines is 1. The van der Waals surface area contributed by atoms with E-state index in [1.807, 2.05) is 0 Å². The van der Waals surface area contributed by atoms with Crippen LogP contribution in [-0.2, 0) is 0 Å². The number of carbonyl (C=O) groups excluding carboxylic acids is 1. The first-order valence-electron chi connectivity index (χ1n) is 7.58. The first kappa shape index (κ1) is 18.3. The standard InChI is InChI=1S/C18H13F3N2O4/c1-25-13-6-3-9(7-14(13)26-2)11-8-22-27-18(11)23-17(24)10-4-5-12(19)16(21)15(10)20/h3-8H,1-2H3,(H,23,24). The number of aromatic nitrogens is 1. The van der Waals surface area contributed by atoms with Crippen molar-refractivity contribution in [1.29, 1.82) is 0 Å². The van der Waals surface area contributed by atoms with Crippen LogP contribution in [0.5, 0.6) is 11.5 Å². The molecule has 140 valence electrons. The molecule has 0 spiro atoms. The third-order valence-electron chi connectivity index (χ3n) is 3.77. The smallest absolute Gasteiger partial charge is 0.261 e. The van der Waals surface area contributed by atoms with Crippen molar-refractivity contribution >= 4 is 11.8 Å². The van der Waals surface area contributed by atoms with Crippen molar-refractivity contribution in [2.24, 2.45) is 0 Å². The van der Waals surface area contributed by atoms with Crippen LogP contribution in [0.2, 0.25) is 0 Å². The van der Waals surface area contributed by atoms with Crippen LogP contribution in [0.15, 0.2) is 41.1 Å². The van der Waals surface area contributed by atoms with Crippen LogP contribution >= 0.6 is 0 Å². The molecule has 2 aromatic carbocycles. The molecule has 27 heavy (non-hydrogen) atoms. The molecule has 3 rings (SSSR count). The predicted octanol–water partition coefficient (Wildman–Crippen LogP) is 4.03. The average Bonchev–Trinajstić information content (AvgIpc) is 3.13. The van der Waals surface area contributed by atoms with Gasteiger partial charge in [0.1, 0.15) is 0 Å². The molecular weight excluding hydrogens is 365 g/mol. The molecule has 1 aromatic heterocycles. The molecule has 0 atom stereocenters. The lowest BCUT2D eigenvalue weighted by Gasteiger charge is -2.10.